The van der Waals surface area contributed by atoms with Crippen molar-refractivity contribution in [3.8, 4) is 0 Å². The molecule has 0 atom stereocenters. The first-order chi connectivity index (χ1) is 6.20. The third kappa shape index (κ3) is 7.64. The van der Waals surface area contributed by atoms with Gasteiger partial charge in [-0.1, -0.05) is 18.5 Å². The van der Waals surface area contributed by atoms with E-state index in [2.05, 4.69) is 22.2 Å². The van der Waals surface area contributed by atoms with Gasteiger partial charge >= 0.3 is 6.09 Å². The molecule has 1 N–H and O–H groups in total. The number of hydrogen-bond acceptors (Lipinski definition) is 4. The van der Waals surface area contributed by atoms with Crippen LogP contribution in [0.1, 0.15) is 26.7 Å². The Morgan fingerprint density at radius 1 is 1.62 bits per heavy atom. The highest BCUT2D eigenvalue weighted by Gasteiger charge is 1.99. The van der Waals surface area contributed by atoms with E-state index >= 15 is 0 Å². The first kappa shape index (κ1) is 12.3. The van der Waals surface area contributed by atoms with Crippen LogP contribution in [-0.2, 0) is 4.84 Å². The summed E-state index contributed by atoms with van der Waals surface area (Å²) in [5, 5.41) is 6.90. The highest BCUT2D eigenvalue weighted by atomic mass is 32.2. The summed E-state index contributed by atoms with van der Waals surface area (Å²) in [6.45, 7) is 4.48. The average molecular weight is 204 g/mol. The van der Waals surface area contributed by atoms with Crippen molar-refractivity contribution >= 4 is 22.9 Å². The summed E-state index contributed by atoms with van der Waals surface area (Å²) in [5.41, 5.74) is 0. The fraction of sp³-hybridized carbons (Fsp3) is 0.750. The van der Waals surface area contributed by atoms with Crippen LogP contribution in [0.4, 0.5) is 4.79 Å². The molecule has 0 saturated heterocycles. The molecular formula is C8H16N2O2S. The number of nitrogens with zero attached hydrogens (tertiary/aromatic N) is 1. The highest BCUT2D eigenvalue weighted by molar-refractivity contribution is 8.13. The van der Waals surface area contributed by atoms with E-state index in [9.17, 15) is 4.79 Å². The Morgan fingerprint density at radius 2 is 2.31 bits per heavy atom. The monoisotopic (exact) mass is 204 g/mol. The first-order valence-electron chi connectivity index (χ1n) is 4.24. The Labute approximate surface area is 83.1 Å². The lowest BCUT2D eigenvalue weighted by Crippen LogP contribution is -2.23. The van der Waals surface area contributed by atoms with E-state index in [1.807, 2.05) is 6.26 Å². The van der Waals surface area contributed by atoms with Crippen molar-refractivity contribution in [3.63, 3.8) is 0 Å². The van der Waals surface area contributed by atoms with Crippen LogP contribution in [0, 0.1) is 0 Å². The molecule has 1 amide bonds. The summed E-state index contributed by atoms with van der Waals surface area (Å²) in [7, 11) is 0. The van der Waals surface area contributed by atoms with Gasteiger partial charge in [0.1, 0.15) is 5.04 Å². The lowest BCUT2D eigenvalue weighted by molar-refractivity contribution is 0.151. The molecule has 0 bridgehead atoms. The van der Waals surface area contributed by atoms with Crippen molar-refractivity contribution in [2.24, 2.45) is 5.16 Å². The maximum Gasteiger partial charge on any atom is 0.433 e. The molecule has 0 rings (SSSR count). The van der Waals surface area contributed by atoms with E-state index in [-0.39, 0.29) is 0 Å². The number of oxime groups is 1. The average Bonchev–Trinajstić information content (AvgIpc) is 2.14. The zero-order chi connectivity index (χ0) is 10.1. The van der Waals surface area contributed by atoms with Gasteiger partial charge in [-0.15, -0.1) is 11.8 Å². The fourth-order valence-electron chi connectivity index (χ4n) is 0.543. The molecule has 0 aromatic carbocycles. The lowest BCUT2D eigenvalue weighted by atomic mass is 10.3. The molecule has 0 aliphatic heterocycles. The van der Waals surface area contributed by atoms with E-state index in [0.717, 1.165) is 17.9 Å². The number of carbonyl (C=O) groups excluding carboxylic acids is 1. The van der Waals surface area contributed by atoms with Crippen LogP contribution < -0.4 is 5.32 Å². The maximum absolute atomic E-state index is 10.9. The van der Waals surface area contributed by atoms with Crippen molar-refractivity contribution in [3.05, 3.63) is 0 Å². The Hall–Kier alpha value is -0.710. The number of carbonyl (C=O) groups is 1. The third-order valence-corrected chi connectivity index (χ3v) is 2.02. The van der Waals surface area contributed by atoms with Crippen molar-refractivity contribution in [1.82, 2.24) is 5.32 Å². The van der Waals surface area contributed by atoms with Gasteiger partial charge in [0, 0.05) is 6.54 Å². The summed E-state index contributed by atoms with van der Waals surface area (Å²) < 4.78 is 0. The van der Waals surface area contributed by atoms with Gasteiger partial charge in [0.2, 0.25) is 0 Å². The SMILES string of the molecule is CCCCNC(=O)O/N=C(\C)SC. The molecule has 13 heavy (non-hydrogen) atoms. The number of amides is 1. The van der Waals surface area contributed by atoms with Crippen LogP contribution in [-0.4, -0.2) is 23.9 Å². The van der Waals surface area contributed by atoms with Crippen molar-refractivity contribution in [2.75, 3.05) is 12.8 Å². The van der Waals surface area contributed by atoms with Crippen LogP contribution in [0.2, 0.25) is 0 Å². The second-order valence-corrected chi connectivity index (χ2v) is 3.47. The summed E-state index contributed by atoms with van der Waals surface area (Å²) in [6, 6.07) is 0. The Balaban J connectivity index is 3.51. The molecule has 0 aromatic heterocycles. The molecule has 5 heteroatoms. The van der Waals surface area contributed by atoms with Gasteiger partial charge in [0.25, 0.3) is 0 Å². The quantitative estimate of drug-likeness (QED) is 0.251. The molecule has 0 spiro atoms. The zero-order valence-corrected chi connectivity index (χ0v) is 9.11. The van der Waals surface area contributed by atoms with E-state index in [1.165, 1.54) is 11.8 Å². The standard InChI is InChI=1S/C8H16N2O2S/c1-4-5-6-9-8(11)12-10-7(2)13-3/h4-6H2,1-3H3,(H,9,11)/b10-7+. The third-order valence-electron chi connectivity index (χ3n) is 1.35. The zero-order valence-electron chi connectivity index (χ0n) is 8.29. The minimum absolute atomic E-state index is 0.484. The minimum Gasteiger partial charge on any atom is -0.320 e. The van der Waals surface area contributed by atoms with Gasteiger partial charge in [-0.3, -0.25) is 4.84 Å². The van der Waals surface area contributed by atoms with Crippen molar-refractivity contribution in [1.29, 1.82) is 0 Å². The second-order valence-electron chi connectivity index (χ2n) is 2.47. The van der Waals surface area contributed by atoms with Crippen LogP contribution in [0.3, 0.4) is 0 Å². The molecule has 0 saturated carbocycles. The van der Waals surface area contributed by atoms with Gasteiger partial charge in [-0.25, -0.2) is 4.79 Å². The second kappa shape index (κ2) is 7.91. The van der Waals surface area contributed by atoms with E-state index in [1.54, 1.807) is 6.92 Å². The van der Waals surface area contributed by atoms with Gasteiger partial charge in [-0.05, 0) is 19.6 Å². The van der Waals surface area contributed by atoms with Gasteiger partial charge in [0.15, 0.2) is 0 Å². The Kier molecular flexibility index (Phi) is 7.48. The summed E-state index contributed by atoms with van der Waals surface area (Å²) in [5.74, 6) is 0. The van der Waals surface area contributed by atoms with Crippen LogP contribution >= 0.6 is 11.8 Å². The van der Waals surface area contributed by atoms with Gasteiger partial charge < -0.3 is 5.32 Å². The smallest absolute Gasteiger partial charge is 0.320 e. The molecule has 0 radical (unpaired) electrons. The van der Waals surface area contributed by atoms with E-state index in [4.69, 9.17) is 0 Å². The minimum atomic E-state index is -0.484. The molecule has 0 heterocycles. The maximum atomic E-state index is 10.9. The largest absolute Gasteiger partial charge is 0.433 e. The van der Waals surface area contributed by atoms with Crippen LogP contribution in [0.15, 0.2) is 5.16 Å². The molecular weight excluding hydrogens is 188 g/mol. The fourth-order valence-corrected chi connectivity index (χ4v) is 0.654. The number of unbranched alkanes of at least 4 members (excludes halogenated alkanes) is 1. The van der Waals surface area contributed by atoms with E-state index < -0.39 is 6.09 Å². The number of rotatable bonds is 4. The lowest BCUT2D eigenvalue weighted by Gasteiger charge is -2.00. The van der Waals surface area contributed by atoms with Crippen molar-refractivity contribution < 1.29 is 9.63 Å². The van der Waals surface area contributed by atoms with Crippen LogP contribution in [0.25, 0.3) is 0 Å². The van der Waals surface area contributed by atoms with Gasteiger partial charge in [0.05, 0.1) is 0 Å². The van der Waals surface area contributed by atoms with Gasteiger partial charge in [-0.2, -0.15) is 0 Å². The molecule has 76 valence electrons. The summed E-state index contributed by atoms with van der Waals surface area (Å²) >= 11 is 1.44. The molecule has 0 aromatic rings. The Morgan fingerprint density at radius 3 is 2.85 bits per heavy atom. The summed E-state index contributed by atoms with van der Waals surface area (Å²) in [4.78, 5) is 15.4. The highest BCUT2D eigenvalue weighted by Crippen LogP contribution is 1.96. The predicted molar refractivity (Wildman–Crippen MR) is 56.0 cm³/mol. The summed E-state index contributed by atoms with van der Waals surface area (Å²) in [6.07, 6.45) is 3.40. The number of thioether (sulfide) groups is 1. The Bertz CT molecular complexity index is 183. The molecule has 0 unspecified atom stereocenters. The number of hydrogen-bond donors (Lipinski definition) is 1. The molecule has 0 aliphatic carbocycles. The molecule has 4 nitrogen and oxygen atoms in total. The molecule has 0 aliphatic rings. The topological polar surface area (TPSA) is 50.7 Å². The van der Waals surface area contributed by atoms with Crippen molar-refractivity contribution in [2.45, 2.75) is 26.7 Å². The first-order valence-corrected chi connectivity index (χ1v) is 5.46. The van der Waals surface area contributed by atoms with Crippen LogP contribution in [0.5, 0.6) is 0 Å². The normalized spacial score (nSPS) is 11.2. The molecule has 0 fully saturated rings. The van der Waals surface area contributed by atoms with E-state index in [0.29, 0.717) is 6.54 Å². The predicted octanol–water partition coefficient (Wildman–Crippen LogP) is 2.21. The number of nitrogens with one attached hydrogen (secondary N) is 1.